The van der Waals surface area contributed by atoms with Crippen molar-refractivity contribution in [3.8, 4) is 22.8 Å². The van der Waals surface area contributed by atoms with Crippen LogP contribution in [0.3, 0.4) is 0 Å². The first-order valence-corrected chi connectivity index (χ1v) is 9.03. The fraction of sp³-hybridized carbons (Fsp3) is 0.158. The Morgan fingerprint density at radius 3 is 2.77 bits per heavy atom. The highest BCUT2D eigenvalue weighted by Crippen LogP contribution is 2.32. The van der Waals surface area contributed by atoms with Gasteiger partial charge in [0.1, 0.15) is 5.82 Å². The summed E-state index contributed by atoms with van der Waals surface area (Å²) in [7, 11) is 0. The maximum Gasteiger partial charge on any atom is 0.231 e. The zero-order valence-corrected chi connectivity index (χ0v) is 14.9. The van der Waals surface area contributed by atoms with Gasteiger partial charge < -0.3 is 9.47 Å². The Morgan fingerprint density at radius 2 is 1.96 bits per heavy atom. The van der Waals surface area contributed by atoms with Gasteiger partial charge >= 0.3 is 0 Å². The number of halogens is 1. The molecule has 0 spiro atoms. The predicted molar refractivity (Wildman–Crippen MR) is 99.4 cm³/mol. The Morgan fingerprint density at radius 1 is 1.15 bits per heavy atom. The van der Waals surface area contributed by atoms with Crippen LogP contribution in [0.25, 0.3) is 11.3 Å². The molecular weight excluding hydrogens is 353 g/mol. The fourth-order valence-electron chi connectivity index (χ4n) is 2.59. The summed E-state index contributed by atoms with van der Waals surface area (Å²) in [5.41, 5.74) is 2.63. The summed E-state index contributed by atoms with van der Waals surface area (Å²) in [6, 6.07) is 12.0. The lowest BCUT2D eigenvalue weighted by atomic mass is 10.2. The third kappa shape index (κ3) is 3.25. The molecule has 0 radical (unpaired) electrons. The summed E-state index contributed by atoms with van der Waals surface area (Å²) in [5, 5.41) is 6.57. The van der Waals surface area contributed by atoms with Crippen molar-refractivity contribution in [2.45, 2.75) is 6.92 Å². The SMILES string of the molecule is CCN=c1scc(-c2ccc(F)cc2)n1N=Cc1ccc2c(c1)OCO2. The van der Waals surface area contributed by atoms with E-state index in [9.17, 15) is 4.39 Å². The third-order valence-corrected chi connectivity index (χ3v) is 4.69. The monoisotopic (exact) mass is 369 g/mol. The minimum Gasteiger partial charge on any atom is -0.454 e. The van der Waals surface area contributed by atoms with Gasteiger partial charge in [0.15, 0.2) is 11.5 Å². The van der Waals surface area contributed by atoms with Crippen LogP contribution in [0.5, 0.6) is 11.5 Å². The minimum absolute atomic E-state index is 0.240. The van der Waals surface area contributed by atoms with E-state index >= 15 is 0 Å². The largest absolute Gasteiger partial charge is 0.454 e. The standard InChI is InChI=1S/C19H16FN3O2S/c1-2-21-19-23(16(11-26-19)14-4-6-15(20)7-5-14)22-10-13-3-8-17-18(9-13)25-12-24-17/h3-11H,2,12H2,1H3. The lowest BCUT2D eigenvalue weighted by Crippen LogP contribution is -2.12. The summed E-state index contributed by atoms with van der Waals surface area (Å²) < 4.78 is 25.7. The molecule has 0 aliphatic carbocycles. The maximum atomic E-state index is 13.2. The van der Waals surface area contributed by atoms with E-state index in [1.165, 1.54) is 23.5 Å². The highest BCUT2D eigenvalue weighted by atomic mass is 32.1. The van der Waals surface area contributed by atoms with Crippen molar-refractivity contribution in [3.05, 3.63) is 64.0 Å². The number of hydrogen-bond acceptors (Lipinski definition) is 5. The first kappa shape index (κ1) is 16.5. The molecular formula is C19H16FN3O2S. The van der Waals surface area contributed by atoms with Gasteiger partial charge in [-0.1, -0.05) is 0 Å². The average molecular weight is 369 g/mol. The van der Waals surface area contributed by atoms with Crippen molar-refractivity contribution < 1.29 is 13.9 Å². The van der Waals surface area contributed by atoms with E-state index in [1.54, 1.807) is 23.0 Å². The van der Waals surface area contributed by atoms with Gasteiger partial charge in [0.2, 0.25) is 11.6 Å². The third-order valence-electron chi connectivity index (χ3n) is 3.84. The van der Waals surface area contributed by atoms with E-state index in [1.807, 2.05) is 30.5 Å². The van der Waals surface area contributed by atoms with Crippen LogP contribution in [0.1, 0.15) is 12.5 Å². The summed E-state index contributed by atoms with van der Waals surface area (Å²) in [6.45, 7) is 2.87. The fourth-order valence-corrected chi connectivity index (χ4v) is 3.49. The molecule has 3 aromatic rings. The van der Waals surface area contributed by atoms with Gasteiger partial charge in [0, 0.05) is 17.5 Å². The number of hydrogen-bond donors (Lipinski definition) is 0. The van der Waals surface area contributed by atoms with Crippen molar-refractivity contribution in [2.24, 2.45) is 10.1 Å². The zero-order chi connectivity index (χ0) is 17.9. The molecule has 7 heteroatoms. The van der Waals surface area contributed by atoms with E-state index in [0.29, 0.717) is 12.3 Å². The van der Waals surface area contributed by atoms with E-state index in [4.69, 9.17) is 9.47 Å². The zero-order valence-electron chi connectivity index (χ0n) is 14.1. The molecule has 0 fully saturated rings. The Kier molecular flexibility index (Phi) is 4.53. The van der Waals surface area contributed by atoms with Gasteiger partial charge in [0.25, 0.3) is 0 Å². The second-order valence-electron chi connectivity index (χ2n) is 5.55. The lowest BCUT2D eigenvalue weighted by Gasteiger charge is -2.04. The molecule has 4 rings (SSSR count). The molecule has 5 nitrogen and oxygen atoms in total. The number of fused-ring (bicyclic) bond motifs is 1. The Hall–Kier alpha value is -2.93. The average Bonchev–Trinajstić information content (AvgIpc) is 3.27. The molecule has 0 amide bonds. The maximum absolute atomic E-state index is 13.2. The quantitative estimate of drug-likeness (QED) is 0.655. The summed E-state index contributed by atoms with van der Waals surface area (Å²) in [4.78, 5) is 5.27. The Bertz CT molecular complexity index is 1020. The number of ether oxygens (including phenoxy) is 2. The molecule has 0 unspecified atom stereocenters. The number of aromatic nitrogens is 1. The van der Waals surface area contributed by atoms with Crippen LogP contribution in [0.2, 0.25) is 0 Å². The summed E-state index contributed by atoms with van der Waals surface area (Å²) in [5.74, 6) is 1.18. The molecule has 0 atom stereocenters. The molecule has 1 aromatic heterocycles. The first-order chi connectivity index (χ1) is 12.7. The molecule has 0 bridgehead atoms. The van der Waals surface area contributed by atoms with Gasteiger partial charge in [-0.25, -0.2) is 9.07 Å². The van der Waals surface area contributed by atoms with E-state index in [2.05, 4.69) is 10.1 Å². The van der Waals surface area contributed by atoms with Crippen LogP contribution in [0, 0.1) is 5.82 Å². The van der Waals surface area contributed by atoms with Gasteiger partial charge in [-0.05, 0) is 55.0 Å². The second-order valence-corrected chi connectivity index (χ2v) is 6.39. The lowest BCUT2D eigenvalue weighted by molar-refractivity contribution is 0.174. The predicted octanol–water partition coefficient (Wildman–Crippen LogP) is 3.89. The molecule has 2 heterocycles. The molecule has 2 aromatic carbocycles. The van der Waals surface area contributed by atoms with Crippen LogP contribution < -0.4 is 14.3 Å². The van der Waals surface area contributed by atoms with Crippen molar-refractivity contribution in [2.75, 3.05) is 13.3 Å². The highest BCUT2D eigenvalue weighted by molar-refractivity contribution is 7.07. The van der Waals surface area contributed by atoms with Crippen molar-refractivity contribution in [1.29, 1.82) is 0 Å². The van der Waals surface area contributed by atoms with Gasteiger partial charge in [-0.3, -0.25) is 4.99 Å². The Balaban J connectivity index is 1.73. The molecule has 1 aliphatic rings. The molecule has 0 N–H and O–H groups in total. The molecule has 0 saturated carbocycles. The Labute approximate surface area is 153 Å². The van der Waals surface area contributed by atoms with Crippen LogP contribution in [0.4, 0.5) is 4.39 Å². The number of benzene rings is 2. The molecule has 26 heavy (non-hydrogen) atoms. The normalized spacial score (nSPS) is 13.7. The van der Waals surface area contributed by atoms with Gasteiger partial charge in [0.05, 0.1) is 11.9 Å². The van der Waals surface area contributed by atoms with Crippen LogP contribution >= 0.6 is 11.3 Å². The van der Waals surface area contributed by atoms with Crippen LogP contribution in [-0.4, -0.2) is 24.2 Å². The summed E-state index contributed by atoms with van der Waals surface area (Å²) in [6.07, 6.45) is 1.75. The highest BCUT2D eigenvalue weighted by Gasteiger charge is 2.13. The van der Waals surface area contributed by atoms with Crippen LogP contribution in [-0.2, 0) is 0 Å². The smallest absolute Gasteiger partial charge is 0.231 e. The first-order valence-electron chi connectivity index (χ1n) is 8.15. The van der Waals surface area contributed by atoms with Gasteiger partial charge in [-0.15, -0.1) is 11.3 Å². The van der Waals surface area contributed by atoms with Crippen molar-refractivity contribution >= 4 is 17.6 Å². The molecule has 0 saturated heterocycles. The second kappa shape index (κ2) is 7.13. The molecule has 1 aliphatic heterocycles. The topological polar surface area (TPSA) is 48.1 Å². The number of thiazole rings is 1. The van der Waals surface area contributed by atoms with Crippen molar-refractivity contribution in [3.63, 3.8) is 0 Å². The molecule has 132 valence electrons. The van der Waals surface area contributed by atoms with Crippen LogP contribution in [0.15, 0.2) is 57.9 Å². The number of rotatable bonds is 4. The summed E-state index contributed by atoms with van der Waals surface area (Å²) >= 11 is 1.50. The van der Waals surface area contributed by atoms with Gasteiger partial charge in [-0.2, -0.15) is 5.10 Å². The van der Waals surface area contributed by atoms with Crippen molar-refractivity contribution in [1.82, 2.24) is 4.68 Å². The van der Waals surface area contributed by atoms with E-state index in [0.717, 1.165) is 27.4 Å². The minimum atomic E-state index is -0.266. The number of nitrogens with zero attached hydrogens (tertiary/aromatic N) is 3. The van der Waals surface area contributed by atoms with E-state index in [-0.39, 0.29) is 12.6 Å². The van der Waals surface area contributed by atoms with E-state index < -0.39 is 0 Å².